The van der Waals surface area contributed by atoms with E-state index < -0.39 is 39.4 Å². The third kappa shape index (κ3) is 5.37. The smallest absolute Gasteiger partial charge is 0.369 e. The van der Waals surface area contributed by atoms with Crippen LogP contribution >= 0.6 is 0 Å². The van der Waals surface area contributed by atoms with Gasteiger partial charge in [-0.05, 0) is 54.0 Å². The van der Waals surface area contributed by atoms with Crippen molar-refractivity contribution in [1.82, 2.24) is 9.21 Å². The second kappa shape index (κ2) is 10.2. The molecule has 0 spiro atoms. The third-order valence-electron chi connectivity index (χ3n) is 7.86. The van der Waals surface area contributed by atoms with Crippen LogP contribution in [0.15, 0.2) is 30.3 Å². The van der Waals surface area contributed by atoms with Crippen molar-refractivity contribution in [2.24, 2.45) is 0 Å². The molecular formula is C27H31F7N2O3S. The number of likely N-dealkylation sites (tertiary alicyclic amines) is 1. The molecule has 2 aliphatic rings. The van der Waals surface area contributed by atoms with Gasteiger partial charge in [-0.15, -0.1) is 0 Å². The number of alkyl halides is 6. The first-order chi connectivity index (χ1) is 18.3. The minimum absolute atomic E-state index is 0.00643. The van der Waals surface area contributed by atoms with Gasteiger partial charge in [-0.3, -0.25) is 4.90 Å². The van der Waals surface area contributed by atoms with Crippen LogP contribution in [0, 0.1) is 12.7 Å². The molecule has 2 atom stereocenters. The number of sulfonamides is 1. The fourth-order valence-corrected chi connectivity index (χ4v) is 7.44. The zero-order valence-corrected chi connectivity index (χ0v) is 23.2. The molecule has 40 heavy (non-hydrogen) atoms. The van der Waals surface area contributed by atoms with Crippen LogP contribution in [-0.2, 0) is 22.2 Å². The van der Waals surface area contributed by atoms with Gasteiger partial charge in [-0.2, -0.15) is 30.6 Å². The topological polar surface area (TPSA) is 60.9 Å². The molecule has 0 amide bonds. The molecule has 2 aromatic rings. The van der Waals surface area contributed by atoms with Crippen LogP contribution in [0.3, 0.4) is 0 Å². The molecule has 222 valence electrons. The molecule has 0 aliphatic carbocycles. The van der Waals surface area contributed by atoms with Crippen LogP contribution in [0.1, 0.15) is 54.9 Å². The Kier molecular flexibility index (Phi) is 7.87. The first kappa shape index (κ1) is 30.7. The number of halogens is 7. The highest BCUT2D eigenvalue weighted by molar-refractivity contribution is 7.88. The lowest BCUT2D eigenvalue weighted by Gasteiger charge is -2.39. The summed E-state index contributed by atoms with van der Waals surface area (Å²) in [6.07, 6.45) is -9.40. The molecule has 1 N–H and O–H groups in total. The van der Waals surface area contributed by atoms with Crippen molar-refractivity contribution >= 4 is 10.0 Å². The molecule has 2 heterocycles. The Balaban J connectivity index is 1.68. The molecule has 2 saturated heterocycles. The number of rotatable bonds is 6. The maximum Gasteiger partial charge on any atom is 0.430 e. The van der Waals surface area contributed by atoms with Crippen LogP contribution in [-0.4, -0.2) is 66.5 Å². The lowest BCUT2D eigenvalue weighted by atomic mass is 9.85. The van der Waals surface area contributed by atoms with Gasteiger partial charge in [-0.25, -0.2) is 12.8 Å². The van der Waals surface area contributed by atoms with Gasteiger partial charge in [0.15, 0.2) is 0 Å². The van der Waals surface area contributed by atoms with E-state index in [1.54, 1.807) is 6.07 Å². The van der Waals surface area contributed by atoms with Crippen molar-refractivity contribution in [2.75, 3.05) is 19.3 Å². The molecule has 4 rings (SSSR count). The molecule has 2 unspecified atom stereocenters. The highest BCUT2D eigenvalue weighted by Crippen LogP contribution is 2.50. The Morgan fingerprint density at radius 2 is 1.50 bits per heavy atom. The zero-order chi connectivity index (χ0) is 30.0. The van der Waals surface area contributed by atoms with E-state index in [1.807, 2.05) is 18.7 Å². The van der Waals surface area contributed by atoms with E-state index in [4.69, 9.17) is 0 Å². The van der Waals surface area contributed by atoms with Crippen LogP contribution in [0.2, 0.25) is 0 Å². The summed E-state index contributed by atoms with van der Waals surface area (Å²) >= 11 is 0. The van der Waals surface area contributed by atoms with Crippen molar-refractivity contribution in [1.29, 1.82) is 0 Å². The first-order valence-electron chi connectivity index (χ1n) is 12.8. The van der Waals surface area contributed by atoms with Gasteiger partial charge in [0.25, 0.3) is 5.60 Å². The summed E-state index contributed by atoms with van der Waals surface area (Å²) in [5.74, 6) is -0.767. The number of aliphatic hydroxyl groups is 1. The third-order valence-corrected chi connectivity index (χ3v) is 9.23. The van der Waals surface area contributed by atoms with E-state index in [-0.39, 0.29) is 35.7 Å². The molecule has 0 aromatic heterocycles. The van der Waals surface area contributed by atoms with Gasteiger partial charge in [0.1, 0.15) is 5.82 Å². The van der Waals surface area contributed by atoms with Crippen LogP contribution in [0.25, 0.3) is 11.1 Å². The van der Waals surface area contributed by atoms with Crippen LogP contribution < -0.4 is 0 Å². The zero-order valence-electron chi connectivity index (χ0n) is 22.4. The number of hydrogen-bond acceptors (Lipinski definition) is 4. The minimum Gasteiger partial charge on any atom is -0.369 e. The summed E-state index contributed by atoms with van der Waals surface area (Å²) in [6.45, 7) is 6.09. The van der Waals surface area contributed by atoms with Gasteiger partial charge in [0.2, 0.25) is 10.0 Å². The fourth-order valence-electron chi connectivity index (χ4n) is 6.01. The molecule has 2 aromatic carbocycles. The van der Waals surface area contributed by atoms with Gasteiger partial charge < -0.3 is 5.11 Å². The molecular weight excluding hydrogens is 565 g/mol. The molecule has 5 nitrogen and oxygen atoms in total. The van der Waals surface area contributed by atoms with E-state index in [2.05, 4.69) is 0 Å². The van der Waals surface area contributed by atoms with E-state index in [0.29, 0.717) is 41.9 Å². The summed E-state index contributed by atoms with van der Waals surface area (Å²) < 4.78 is 122. The Bertz CT molecular complexity index is 1360. The average Bonchev–Trinajstić information content (AvgIpc) is 3.10. The highest BCUT2D eigenvalue weighted by Gasteiger charge is 2.71. The van der Waals surface area contributed by atoms with Crippen molar-refractivity contribution in [2.45, 2.75) is 76.1 Å². The van der Waals surface area contributed by atoms with Gasteiger partial charge in [0, 0.05) is 42.8 Å². The van der Waals surface area contributed by atoms with Gasteiger partial charge >= 0.3 is 12.4 Å². The second-order valence-corrected chi connectivity index (χ2v) is 13.0. The Hall–Kier alpha value is -2.22. The predicted octanol–water partition coefficient (Wildman–Crippen LogP) is 5.84. The Morgan fingerprint density at radius 3 is 1.95 bits per heavy atom. The lowest BCUT2D eigenvalue weighted by molar-refractivity contribution is -0.376. The van der Waals surface area contributed by atoms with E-state index in [0.717, 1.165) is 18.9 Å². The summed E-state index contributed by atoms with van der Waals surface area (Å²) in [5, 5.41) is 9.77. The van der Waals surface area contributed by atoms with Crippen molar-refractivity contribution < 1.29 is 44.3 Å². The van der Waals surface area contributed by atoms with Crippen LogP contribution in [0.5, 0.6) is 0 Å². The number of hydrogen-bond donors (Lipinski definition) is 1. The second-order valence-electron chi connectivity index (χ2n) is 11.1. The van der Waals surface area contributed by atoms with Crippen molar-refractivity contribution in [3.05, 3.63) is 58.4 Å². The van der Waals surface area contributed by atoms with E-state index >= 15 is 4.39 Å². The van der Waals surface area contributed by atoms with Crippen molar-refractivity contribution in [3.63, 3.8) is 0 Å². The normalized spacial score (nSPS) is 21.4. The highest BCUT2D eigenvalue weighted by atomic mass is 32.2. The monoisotopic (exact) mass is 596 g/mol. The Labute approximate surface area is 228 Å². The largest absolute Gasteiger partial charge is 0.430 e. The first-order valence-corrected chi connectivity index (χ1v) is 14.6. The van der Waals surface area contributed by atoms with Gasteiger partial charge in [-0.1, -0.05) is 38.1 Å². The summed E-state index contributed by atoms with van der Waals surface area (Å²) in [4.78, 5) is 2.00. The van der Waals surface area contributed by atoms with Crippen molar-refractivity contribution in [3.8, 4) is 11.1 Å². The Morgan fingerprint density at radius 1 is 0.950 bits per heavy atom. The molecule has 13 heteroatoms. The average molecular weight is 597 g/mol. The predicted molar refractivity (Wildman–Crippen MR) is 135 cm³/mol. The number of fused-ring (bicyclic) bond motifs is 2. The molecule has 0 radical (unpaired) electrons. The van der Waals surface area contributed by atoms with Crippen LogP contribution in [0.4, 0.5) is 30.7 Å². The lowest BCUT2D eigenvalue weighted by Crippen LogP contribution is -2.55. The summed E-state index contributed by atoms with van der Waals surface area (Å²) in [6, 6.07) is 4.74. The maximum atomic E-state index is 15.5. The SMILES string of the molecule is Cc1cc(C(O)(C(F)(F)F)C(F)(F)F)ccc1-c1cc(F)c(CN2CC3CCC(C2)N3S(C)(=O)=O)cc1C(C)C. The number of benzene rings is 2. The number of aryl methyl sites for hydroxylation is 1. The standard InChI is InChI=1S/C27H31F7N2O3S/c1-15(2)22-10-17(12-35-13-19-6-7-20(14-35)36(19)40(4,38)39)24(28)11-23(22)21-8-5-18(9-16(21)3)25(37,26(29,30)31)27(32,33)34/h5,8-11,15,19-20,37H,6-7,12-14H2,1-4H3. The minimum atomic E-state index is -6.01. The molecule has 2 bridgehead atoms. The molecule has 0 saturated carbocycles. The quantitative estimate of drug-likeness (QED) is 0.426. The molecule has 2 aliphatic heterocycles. The fraction of sp³-hybridized carbons (Fsp3) is 0.556. The number of piperazine rings is 1. The number of nitrogens with zero attached hydrogens (tertiary/aromatic N) is 2. The van der Waals surface area contributed by atoms with Gasteiger partial charge in [0.05, 0.1) is 6.26 Å². The van der Waals surface area contributed by atoms with E-state index in [1.165, 1.54) is 23.6 Å². The summed E-state index contributed by atoms with van der Waals surface area (Å²) in [5.41, 5.74) is -4.86. The summed E-state index contributed by atoms with van der Waals surface area (Å²) in [7, 11) is -3.36. The maximum absolute atomic E-state index is 15.5. The van der Waals surface area contributed by atoms with E-state index in [9.17, 15) is 39.9 Å². The molecule has 2 fully saturated rings.